The number of anilines is 1. The molecule has 1 aliphatic rings. The Labute approximate surface area is 214 Å². The number of nitrogens with one attached hydrogen (secondary N) is 1. The van der Waals surface area contributed by atoms with E-state index in [0.29, 0.717) is 29.0 Å². The van der Waals surface area contributed by atoms with Crippen molar-refractivity contribution >= 4 is 27.6 Å². The van der Waals surface area contributed by atoms with Gasteiger partial charge in [-0.1, -0.05) is 17.7 Å². The topological polar surface area (TPSA) is 143 Å². The predicted octanol–water partition coefficient (Wildman–Crippen LogP) is 2.84. The van der Waals surface area contributed by atoms with E-state index in [0.717, 1.165) is 19.3 Å². The summed E-state index contributed by atoms with van der Waals surface area (Å²) in [6.07, 6.45) is 4.30. The number of sulfonamides is 1. The van der Waals surface area contributed by atoms with Crippen molar-refractivity contribution in [1.29, 1.82) is 0 Å². The maximum absolute atomic E-state index is 13.5. The van der Waals surface area contributed by atoms with Crippen molar-refractivity contribution in [1.82, 2.24) is 29.7 Å². The Balaban J connectivity index is 1.74. The molecule has 1 saturated carbocycles. The number of halogens is 1. The van der Waals surface area contributed by atoms with Gasteiger partial charge < -0.3 is 14.2 Å². The smallest absolute Gasteiger partial charge is 0.240 e. The van der Waals surface area contributed by atoms with Crippen LogP contribution in [0.4, 0.5) is 5.95 Å². The molecule has 36 heavy (non-hydrogen) atoms. The second kappa shape index (κ2) is 10.6. The first-order valence-electron chi connectivity index (χ1n) is 11.2. The first-order chi connectivity index (χ1) is 17.2. The van der Waals surface area contributed by atoms with Gasteiger partial charge >= 0.3 is 0 Å². The van der Waals surface area contributed by atoms with Crippen molar-refractivity contribution in [2.75, 3.05) is 32.7 Å². The van der Waals surface area contributed by atoms with E-state index in [-0.39, 0.29) is 11.8 Å². The van der Waals surface area contributed by atoms with Gasteiger partial charge in [0.1, 0.15) is 17.0 Å². The van der Waals surface area contributed by atoms with Crippen LogP contribution in [0.3, 0.4) is 0 Å². The molecule has 0 aliphatic heterocycles. The van der Waals surface area contributed by atoms with E-state index in [2.05, 4.69) is 29.9 Å². The van der Waals surface area contributed by atoms with Crippen LogP contribution in [0.5, 0.6) is 5.88 Å². The van der Waals surface area contributed by atoms with Crippen molar-refractivity contribution in [3.63, 3.8) is 0 Å². The number of rotatable bonds is 11. The summed E-state index contributed by atoms with van der Waals surface area (Å²) in [5.41, 5.74) is -0.0357. The lowest BCUT2D eigenvalue weighted by molar-refractivity contribution is 0.0299. The van der Waals surface area contributed by atoms with Gasteiger partial charge in [-0.2, -0.15) is 0 Å². The number of hydrogen-bond donors (Lipinski definition) is 1. The van der Waals surface area contributed by atoms with Crippen molar-refractivity contribution < 1.29 is 22.6 Å². The largest absolute Gasteiger partial charge is 0.481 e. The van der Waals surface area contributed by atoms with Crippen LogP contribution in [0.15, 0.2) is 30.6 Å². The van der Waals surface area contributed by atoms with Crippen LogP contribution in [-0.2, 0) is 25.0 Å². The molecular formula is C22H28ClN7O5S. The van der Waals surface area contributed by atoms with Gasteiger partial charge in [-0.25, -0.2) is 23.4 Å². The Bertz CT molecular complexity index is 1300. The number of aromatic nitrogens is 6. The Hall–Kier alpha value is -2.87. The van der Waals surface area contributed by atoms with Crippen LogP contribution in [0.2, 0.25) is 5.02 Å². The normalized spacial score (nSPS) is 16.7. The molecule has 0 unspecified atom stereocenters. The Kier molecular flexibility index (Phi) is 7.73. The van der Waals surface area contributed by atoms with Crippen molar-refractivity contribution in [2.24, 2.45) is 0 Å². The molecule has 0 radical (unpaired) electrons. The summed E-state index contributed by atoms with van der Waals surface area (Å²) in [7, 11) is 0.478. The van der Waals surface area contributed by atoms with Gasteiger partial charge in [-0.3, -0.25) is 9.29 Å². The summed E-state index contributed by atoms with van der Waals surface area (Å²) >= 11 is 5.88. The minimum atomic E-state index is -4.04. The number of ether oxygens (including phenoxy) is 3. The molecule has 3 heterocycles. The van der Waals surface area contributed by atoms with E-state index in [1.807, 2.05) is 0 Å². The van der Waals surface area contributed by atoms with Crippen molar-refractivity contribution in [2.45, 2.75) is 43.1 Å². The highest BCUT2D eigenvalue weighted by Crippen LogP contribution is 2.44. The highest BCUT2D eigenvalue weighted by atomic mass is 35.5. The summed E-state index contributed by atoms with van der Waals surface area (Å²) in [5, 5.41) is 7.78. The highest BCUT2D eigenvalue weighted by Gasteiger charge is 2.44. The quantitative estimate of drug-likeness (QED) is 0.387. The summed E-state index contributed by atoms with van der Waals surface area (Å²) < 4.78 is 47.6. The molecule has 0 saturated heterocycles. The monoisotopic (exact) mass is 537 g/mol. The van der Waals surface area contributed by atoms with Crippen molar-refractivity contribution in [3.8, 4) is 17.4 Å². The second-order valence-electron chi connectivity index (χ2n) is 8.53. The van der Waals surface area contributed by atoms with E-state index >= 15 is 0 Å². The van der Waals surface area contributed by atoms with Gasteiger partial charge in [0, 0.05) is 32.7 Å². The molecule has 1 N–H and O–H groups in total. The van der Waals surface area contributed by atoms with E-state index in [1.54, 1.807) is 29.9 Å². The Morgan fingerprint density at radius 3 is 2.47 bits per heavy atom. The number of pyridine rings is 1. The molecule has 194 valence electrons. The van der Waals surface area contributed by atoms with Crippen LogP contribution in [0.25, 0.3) is 11.5 Å². The molecule has 4 rings (SSSR count). The SMILES string of the molecule is COCC1(n2c(NS(=O)(=O)[C@@H](C)[C@H](OC)c3ncc(Cl)cn3)nnc2-c2cccc(OC)n2)CCC1. The Morgan fingerprint density at radius 1 is 1.17 bits per heavy atom. The van der Waals surface area contributed by atoms with E-state index in [1.165, 1.54) is 33.5 Å². The molecule has 3 aromatic heterocycles. The summed E-state index contributed by atoms with van der Waals surface area (Å²) in [6, 6.07) is 5.26. The molecule has 0 bridgehead atoms. The first kappa shape index (κ1) is 26.2. The van der Waals surface area contributed by atoms with E-state index < -0.39 is 26.9 Å². The fourth-order valence-electron chi connectivity index (χ4n) is 4.26. The van der Waals surface area contributed by atoms with Crippen LogP contribution >= 0.6 is 11.6 Å². The average Bonchev–Trinajstić information content (AvgIpc) is 3.26. The summed E-state index contributed by atoms with van der Waals surface area (Å²) in [4.78, 5) is 12.7. The minimum absolute atomic E-state index is 0.0603. The highest BCUT2D eigenvalue weighted by molar-refractivity contribution is 7.93. The van der Waals surface area contributed by atoms with Gasteiger partial charge in [0.2, 0.25) is 21.9 Å². The lowest BCUT2D eigenvalue weighted by Crippen LogP contribution is -2.46. The van der Waals surface area contributed by atoms with Crippen molar-refractivity contribution in [3.05, 3.63) is 41.4 Å². The third-order valence-corrected chi connectivity index (χ3v) is 8.18. The van der Waals surface area contributed by atoms with E-state index in [4.69, 9.17) is 25.8 Å². The molecule has 3 aromatic rings. The maximum atomic E-state index is 13.5. The molecule has 1 fully saturated rings. The summed E-state index contributed by atoms with van der Waals surface area (Å²) in [5.74, 6) is 1.06. The minimum Gasteiger partial charge on any atom is -0.481 e. The van der Waals surface area contributed by atoms with Crippen LogP contribution in [0, 0.1) is 0 Å². The zero-order chi connectivity index (χ0) is 25.9. The predicted molar refractivity (Wildman–Crippen MR) is 132 cm³/mol. The molecular weight excluding hydrogens is 510 g/mol. The molecule has 0 spiro atoms. The Morgan fingerprint density at radius 2 is 1.89 bits per heavy atom. The molecule has 0 aromatic carbocycles. The van der Waals surface area contributed by atoms with Gasteiger partial charge in [0.05, 0.1) is 24.3 Å². The third-order valence-electron chi connectivity index (χ3n) is 6.29. The summed E-state index contributed by atoms with van der Waals surface area (Å²) in [6.45, 7) is 1.86. The second-order valence-corrected chi connectivity index (χ2v) is 11.0. The van der Waals surface area contributed by atoms with Gasteiger partial charge in [0.15, 0.2) is 11.6 Å². The molecule has 14 heteroatoms. The van der Waals surface area contributed by atoms with E-state index in [9.17, 15) is 8.42 Å². The fraction of sp³-hybridized carbons (Fsp3) is 0.500. The molecule has 1 aliphatic carbocycles. The van der Waals surface area contributed by atoms with Crippen LogP contribution in [0.1, 0.15) is 38.1 Å². The number of hydrogen-bond acceptors (Lipinski definition) is 10. The van der Waals surface area contributed by atoms with Crippen LogP contribution in [-0.4, -0.2) is 71.3 Å². The van der Waals surface area contributed by atoms with Gasteiger partial charge in [-0.15, -0.1) is 10.2 Å². The lowest BCUT2D eigenvalue weighted by atomic mass is 9.77. The molecule has 0 amide bonds. The number of methoxy groups -OCH3 is 3. The maximum Gasteiger partial charge on any atom is 0.240 e. The molecule has 12 nitrogen and oxygen atoms in total. The third kappa shape index (κ3) is 5.01. The van der Waals surface area contributed by atoms with Crippen LogP contribution < -0.4 is 9.46 Å². The first-order valence-corrected chi connectivity index (χ1v) is 13.1. The zero-order valence-corrected chi connectivity index (χ0v) is 22.0. The lowest BCUT2D eigenvalue weighted by Gasteiger charge is -2.43. The average molecular weight is 538 g/mol. The zero-order valence-electron chi connectivity index (χ0n) is 20.4. The fourth-order valence-corrected chi connectivity index (χ4v) is 5.49. The standard InChI is InChI=1S/C22H28ClN7O5S/c1-14(18(35-4)19-24-11-15(23)12-25-19)36(31,32)29-21-28-27-20(16-7-5-8-17(26-16)34-3)30(21)22(13-33-2)9-6-10-22/h5,7-8,11-12,14,18H,6,9-10,13H2,1-4H3,(H,28,29)/t14-,18-/m0/s1. The number of nitrogens with zero attached hydrogens (tertiary/aromatic N) is 6. The van der Waals surface area contributed by atoms with Gasteiger partial charge in [0.25, 0.3) is 0 Å². The van der Waals surface area contributed by atoms with Gasteiger partial charge in [-0.05, 0) is 32.3 Å². The molecule has 2 atom stereocenters.